The molecule has 104 valence electrons. The minimum absolute atomic E-state index is 0.00890. The van der Waals surface area contributed by atoms with Gasteiger partial charge in [-0.15, -0.1) is 0 Å². The van der Waals surface area contributed by atoms with Crippen molar-refractivity contribution in [1.82, 2.24) is 0 Å². The van der Waals surface area contributed by atoms with Crippen molar-refractivity contribution in [2.45, 2.75) is 26.2 Å². The quantitative estimate of drug-likeness (QED) is 0.617. The molecule has 0 bridgehead atoms. The van der Waals surface area contributed by atoms with Crippen LogP contribution < -0.4 is 0 Å². The number of Topliss-reactive ketones (excluding diaryl/α,β-unsaturated/α-hetero) is 1. The van der Waals surface area contributed by atoms with Crippen LogP contribution in [0.3, 0.4) is 0 Å². The average Bonchev–Trinajstić information content (AvgIpc) is 2.41. The number of ketones is 2. The minimum atomic E-state index is -0.711. The Morgan fingerprint density at radius 3 is 2.60 bits per heavy atom. The Morgan fingerprint density at radius 2 is 1.95 bits per heavy atom. The molecular formula is C16H14ClFO2. The third-order valence-corrected chi connectivity index (χ3v) is 3.48. The summed E-state index contributed by atoms with van der Waals surface area (Å²) >= 11 is 5.96. The molecule has 1 aromatic rings. The summed E-state index contributed by atoms with van der Waals surface area (Å²) in [6.07, 6.45) is 5.47. The van der Waals surface area contributed by atoms with Gasteiger partial charge in [0.05, 0.1) is 5.02 Å². The van der Waals surface area contributed by atoms with Gasteiger partial charge in [0.1, 0.15) is 5.82 Å². The van der Waals surface area contributed by atoms with Crippen molar-refractivity contribution in [2.24, 2.45) is 0 Å². The first kappa shape index (κ1) is 14.7. The Bertz CT molecular complexity index is 609. The molecule has 0 aromatic heterocycles. The SMILES string of the molecule is CCCCC1=CC(=O)C(=O)C(c2c(F)cccc2Cl)=C1. The maximum atomic E-state index is 13.9. The molecule has 2 rings (SSSR count). The second-order valence-corrected chi connectivity index (χ2v) is 5.08. The molecular weight excluding hydrogens is 279 g/mol. The number of benzene rings is 1. The van der Waals surface area contributed by atoms with Crippen molar-refractivity contribution >= 4 is 28.7 Å². The molecule has 0 fully saturated rings. The molecule has 0 unspecified atom stereocenters. The highest BCUT2D eigenvalue weighted by atomic mass is 35.5. The van der Waals surface area contributed by atoms with E-state index in [1.807, 2.05) is 6.92 Å². The number of hydrogen-bond acceptors (Lipinski definition) is 2. The van der Waals surface area contributed by atoms with Crippen molar-refractivity contribution in [3.8, 4) is 0 Å². The van der Waals surface area contributed by atoms with E-state index in [2.05, 4.69) is 0 Å². The van der Waals surface area contributed by atoms with Crippen molar-refractivity contribution < 1.29 is 14.0 Å². The zero-order chi connectivity index (χ0) is 14.7. The summed E-state index contributed by atoms with van der Waals surface area (Å²) in [6, 6.07) is 4.19. The molecule has 0 radical (unpaired) electrons. The number of carbonyl (C=O) groups excluding carboxylic acids is 2. The van der Waals surface area contributed by atoms with Crippen molar-refractivity contribution in [3.05, 3.63) is 52.3 Å². The lowest BCUT2D eigenvalue weighted by molar-refractivity contribution is -0.130. The molecule has 2 nitrogen and oxygen atoms in total. The van der Waals surface area contributed by atoms with Crippen molar-refractivity contribution in [1.29, 1.82) is 0 Å². The highest BCUT2D eigenvalue weighted by molar-refractivity contribution is 6.58. The van der Waals surface area contributed by atoms with Gasteiger partial charge in [-0.2, -0.15) is 0 Å². The fourth-order valence-electron chi connectivity index (χ4n) is 2.13. The number of halogens is 2. The number of allylic oxidation sites excluding steroid dienone is 4. The fraction of sp³-hybridized carbons (Fsp3) is 0.250. The van der Waals surface area contributed by atoms with Gasteiger partial charge in [0, 0.05) is 11.1 Å². The predicted octanol–water partition coefficient (Wildman–Crippen LogP) is 4.13. The molecule has 0 N–H and O–H groups in total. The molecule has 1 aliphatic rings. The van der Waals surface area contributed by atoms with Crippen LogP contribution in [0.2, 0.25) is 5.02 Å². The van der Waals surface area contributed by atoms with Gasteiger partial charge in [-0.3, -0.25) is 9.59 Å². The zero-order valence-corrected chi connectivity index (χ0v) is 11.8. The molecule has 20 heavy (non-hydrogen) atoms. The highest BCUT2D eigenvalue weighted by Crippen LogP contribution is 2.31. The number of hydrogen-bond donors (Lipinski definition) is 0. The Hall–Kier alpha value is -1.74. The monoisotopic (exact) mass is 292 g/mol. The van der Waals surface area contributed by atoms with E-state index in [4.69, 9.17) is 11.6 Å². The molecule has 0 atom stereocenters. The van der Waals surface area contributed by atoms with Crippen LogP contribution in [-0.4, -0.2) is 11.6 Å². The Balaban J connectivity index is 2.48. The molecule has 0 spiro atoms. The smallest absolute Gasteiger partial charge is 0.233 e. The van der Waals surface area contributed by atoms with E-state index in [-0.39, 0.29) is 16.2 Å². The molecule has 0 saturated carbocycles. The van der Waals surface area contributed by atoms with E-state index >= 15 is 0 Å². The first-order valence-electron chi connectivity index (χ1n) is 6.50. The van der Waals surface area contributed by atoms with Gasteiger partial charge in [0.25, 0.3) is 0 Å². The molecule has 1 aromatic carbocycles. The van der Waals surface area contributed by atoms with E-state index in [0.717, 1.165) is 18.4 Å². The molecule has 0 heterocycles. The van der Waals surface area contributed by atoms with Gasteiger partial charge < -0.3 is 0 Å². The lowest BCUT2D eigenvalue weighted by Gasteiger charge is -2.14. The summed E-state index contributed by atoms with van der Waals surface area (Å²) in [6.45, 7) is 2.04. The number of carbonyl (C=O) groups is 2. The molecule has 0 saturated heterocycles. The summed E-state index contributed by atoms with van der Waals surface area (Å²) < 4.78 is 13.9. The second-order valence-electron chi connectivity index (χ2n) is 4.67. The third-order valence-electron chi connectivity index (χ3n) is 3.17. The van der Waals surface area contributed by atoms with E-state index in [1.54, 1.807) is 6.08 Å². The van der Waals surface area contributed by atoms with Crippen LogP contribution in [0.5, 0.6) is 0 Å². The van der Waals surface area contributed by atoms with Crippen LogP contribution in [0.25, 0.3) is 5.57 Å². The van der Waals surface area contributed by atoms with Crippen LogP contribution in [0.4, 0.5) is 4.39 Å². The van der Waals surface area contributed by atoms with Gasteiger partial charge in [0.15, 0.2) is 0 Å². The number of unbranched alkanes of at least 4 members (excludes halogenated alkanes) is 1. The topological polar surface area (TPSA) is 34.1 Å². The maximum absolute atomic E-state index is 13.9. The largest absolute Gasteiger partial charge is 0.286 e. The first-order chi connectivity index (χ1) is 9.54. The van der Waals surface area contributed by atoms with Gasteiger partial charge in [-0.25, -0.2) is 4.39 Å². The van der Waals surface area contributed by atoms with E-state index in [0.29, 0.717) is 6.42 Å². The van der Waals surface area contributed by atoms with Crippen molar-refractivity contribution in [3.63, 3.8) is 0 Å². The van der Waals surface area contributed by atoms with Gasteiger partial charge >= 0.3 is 0 Å². The highest BCUT2D eigenvalue weighted by Gasteiger charge is 2.26. The second kappa shape index (κ2) is 6.14. The Morgan fingerprint density at radius 1 is 1.20 bits per heavy atom. The van der Waals surface area contributed by atoms with Gasteiger partial charge in [-0.05, 0) is 42.7 Å². The van der Waals surface area contributed by atoms with Crippen LogP contribution in [0.1, 0.15) is 31.7 Å². The lowest BCUT2D eigenvalue weighted by atomic mass is 9.89. The maximum Gasteiger partial charge on any atom is 0.233 e. The van der Waals surface area contributed by atoms with Crippen LogP contribution in [0, 0.1) is 5.82 Å². The minimum Gasteiger partial charge on any atom is -0.286 e. The molecule has 0 aliphatic heterocycles. The van der Waals surface area contributed by atoms with Crippen LogP contribution in [0.15, 0.2) is 35.9 Å². The fourth-order valence-corrected chi connectivity index (χ4v) is 2.39. The average molecular weight is 293 g/mol. The summed E-state index contributed by atoms with van der Waals surface area (Å²) in [7, 11) is 0. The van der Waals surface area contributed by atoms with E-state index < -0.39 is 17.4 Å². The standard InChI is InChI=1S/C16H14ClFO2/c1-2-3-5-10-8-11(16(20)14(19)9-10)15-12(17)6-4-7-13(15)18/h4,6-9H,2-3,5H2,1H3. The predicted molar refractivity (Wildman–Crippen MR) is 77.0 cm³/mol. The van der Waals surface area contributed by atoms with Crippen molar-refractivity contribution in [2.75, 3.05) is 0 Å². The van der Waals surface area contributed by atoms with Crippen LogP contribution >= 0.6 is 11.6 Å². The third kappa shape index (κ3) is 2.88. The normalized spacial score (nSPS) is 15.2. The van der Waals surface area contributed by atoms with E-state index in [1.165, 1.54) is 24.3 Å². The molecule has 0 amide bonds. The van der Waals surface area contributed by atoms with Crippen LogP contribution in [-0.2, 0) is 9.59 Å². The molecule has 1 aliphatic carbocycles. The van der Waals surface area contributed by atoms with Gasteiger partial charge in [-0.1, -0.05) is 31.0 Å². The Kier molecular flexibility index (Phi) is 4.50. The summed E-state index contributed by atoms with van der Waals surface area (Å²) in [4.78, 5) is 23.7. The van der Waals surface area contributed by atoms with E-state index in [9.17, 15) is 14.0 Å². The Labute approximate surface area is 121 Å². The lowest BCUT2D eigenvalue weighted by Crippen LogP contribution is -2.18. The zero-order valence-electron chi connectivity index (χ0n) is 11.1. The van der Waals surface area contributed by atoms with Gasteiger partial charge in [0.2, 0.25) is 11.6 Å². The molecule has 4 heteroatoms. The summed E-state index contributed by atoms with van der Waals surface area (Å²) in [5.74, 6) is -1.92. The summed E-state index contributed by atoms with van der Waals surface area (Å²) in [5.41, 5.74) is 0.798. The summed E-state index contributed by atoms with van der Waals surface area (Å²) in [5, 5.41) is 0.133. The number of rotatable bonds is 4. The first-order valence-corrected chi connectivity index (χ1v) is 6.87.